The van der Waals surface area contributed by atoms with Crippen molar-refractivity contribution in [1.82, 2.24) is 9.80 Å². The fourth-order valence-electron chi connectivity index (χ4n) is 2.04. The number of hydrogen-bond donors (Lipinski definition) is 1. The summed E-state index contributed by atoms with van der Waals surface area (Å²) < 4.78 is 0. The first-order valence-corrected chi connectivity index (χ1v) is 4.69. The van der Waals surface area contributed by atoms with Crippen molar-refractivity contribution in [1.29, 1.82) is 0 Å². The zero-order chi connectivity index (χ0) is 9.71. The van der Waals surface area contributed by atoms with Gasteiger partial charge >= 0.3 is 0 Å². The summed E-state index contributed by atoms with van der Waals surface area (Å²) in [6, 6.07) is 0.570. The molecule has 1 aliphatic carbocycles. The van der Waals surface area contributed by atoms with Crippen molar-refractivity contribution in [3.63, 3.8) is 0 Å². The van der Waals surface area contributed by atoms with E-state index in [1.807, 2.05) is 24.2 Å². The fourth-order valence-corrected chi connectivity index (χ4v) is 2.04. The number of aliphatic imine (C=N–C) groups is 1. The van der Waals surface area contributed by atoms with Gasteiger partial charge in [-0.3, -0.25) is 0 Å². The third-order valence-electron chi connectivity index (χ3n) is 2.85. The summed E-state index contributed by atoms with van der Waals surface area (Å²) in [4.78, 5) is 8.64. The van der Waals surface area contributed by atoms with Crippen LogP contribution < -0.4 is 5.73 Å². The number of hydrogen-bond acceptors (Lipinski definition) is 4. The quantitative estimate of drug-likeness (QED) is 0.591. The summed E-state index contributed by atoms with van der Waals surface area (Å²) in [7, 11) is 1.94. The van der Waals surface area contributed by atoms with E-state index in [0.29, 0.717) is 6.04 Å². The average molecular weight is 188 g/mol. The summed E-state index contributed by atoms with van der Waals surface area (Å²) in [5, 5.41) is 0. The fraction of sp³-hybridized carbons (Fsp3) is 0.300. The Bertz CT molecular complexity index is 391. The minimum Gasteiger partial charge on any atom is -0.384 e. The van der Waals surface area contributed by atoms with Crippen LogP contribution in [0.4, 0.5) is 0 Å². The second-order valence-corrected chi connectivity index (χ2v) is 3.70. The summed E-state index contributed by atoms with van der Waals surface area (Å²) in [6.07, 6.45) is 10.3. The van der Waals surface area contributed by atoms with Gasteiger partial charge in [0.05, 0.1) is 12.1 Å². The molecule has 3 rings (SSSR count). The molecule has 4 heteroatoms. The van der Waals surface area contributed by atoms with Gasteiger partial charge in [-0.05, 0) is 0 Å². The maximum Gasteiger partial charge on any atom is 0.207 e. The van der Waals surface area contributed by atoms with E-state index in [1.165, 1.54) is 0 Å². The molecule has 0 aromatic rings. The van der Waals surface area contributed by atoms with Crippen molar-refractivity contribution in [2.75, 3.05) is 7.05 Å². The van der Waals surface area contributed by atoms with Gasteiger partial charge in [0.1, 0.15) is 5.82 Å². The van der Waals surface area contributed by atoms with E-state index >= 15 is 0 Å². The Kier molecular flexibility index (Phi) is 1.32. The number of guanidine groups is 1. The maximum atomic E-state index is 5.81. The SMILES string of the molecule is CN1C(N)=CN2C1=NC1C=CC=CC12. The van der Waals surface area contributed by atoms with Gasteiger partial charge < -0.3 is 15.5 Å². The second kappa shape index (κ2) is 2.41. The molecule has 0 aromatic carbocycles. The average Bonchev–Trinajstić information content (AvgIpc) is 2.67. The Hall–Kier alpha value is -1.71. The minimum atomic E-state index is 0.252. The zero-order valence-electron chi connectivity index (χ0n) is 7.96. The largest absolute Gasteiger partial charge is 0.384 e. The minimum absolute atomic E-state index is 0.252. The van der Waals surface area contributed by atoms with E-state index in [0.717, 1.165) is 11.8 Å². The molecule has 0 saturated heterocycles. The smallest absolute Gasteiger partial charge is 0.207 e. The van der Waals surface area contributed by atoms with Gasteiger partial charge in [-0.25, -0.2) is 4.99 Å². The number of fused-ring (bicyclic) bond motifs is 3. The molecule has 2 heterocycles. The molecule has 14 heavy (non-hydrogen) atoms. The highest BCUT2D eigenvalue weighted by atomic mass is 15.5. The Morgan fingerprint density at radius 2 is 2.14 bits per heavy atom. The number of nitrogens with zero attached hydrogens (tertiary/aromatic N) is 3. The Morgan fingerprint density at radius 3 is 3.00 bits per heavy atom. The molecule has 0 aromatic heterocycles. The van der Waals surface area contributed by atoms with Crippen molar-refractivity contribution < 1.29 is 0 Å². The lowest BCUT2D eigenvalue weighted by atomic mass is 10.0. The van der Waals surface area contributed by atoms with Gasteiger partial charge in [-0.15, -0.1) is 0 Å². The van der Waals surface area contributed by atoms with Crippen LogP contribution in [0, 0.1) is 0 Å². The van der Waals surface area contributed by atoms with E-state index in [-0.39, 0.29) is 6.04 Å². The molecule has 2 atom stereocenters. The maximum absolute atomic E-state index is 5.81. The van der Waals surface area contributed by atoms with E-state index in [4.69, 9.17) is 5.73 Å². The van der Waals surface area contributed by atoms with Crippen LogP contribution in [0.25, 0.3) is 0 Å². The molecule has 0 radical (unpaired) electrons. The molecule has 0 fully saturated rings. The molecule has 0 saturated carbocycles. The molecule has 2 unspecified atom stereocenters. The van der Waals surface area contributed by atoms with Crippen molar-refractivity contribution in [3.05, 3.63) is 36.3 Å². The van der Waals surface area contributed by atoms with Crippen molar-refractivity contribution >= 4 is 5.96 Å². The van der Waals surface area contributed by atoms with Gasteiger partial charge in [0.15, 0.2) is 0 Å². The topological polar surface area (TPSA) is 44.9 Å². The van der Waals surface area contributed by atoms with Gasteiger partial charge in [0.25, 0.3) is 0 Å². The monoisotopic (exact) mass is 188 g/mol. The first-order valence-electron chi connectivity index (χ1n) is 4.69. The Morgan fingerprint density at radius 1 is 1.36 bits per heavy atom. The summed E-state index contributed by atoms with van der Waals surface area (Å²) in [6.45, 7) is 0. The molecule has 3 aliphatic rings. The van der Waals surface area contributed by atoms with Crippen molar-refractivity contribution in [3.8, 4) is 0 Å². The van der Waals surface area contributed by atoms with Gasteiger partial charge in [0, 0.05) is 13.2 Å². The van der Waals surface area contributed by atoms with Crippen molar-refractivity contribution in [2.24, 2.45) is 10.7 Å². The summed E-state index contributed by atoms with van der Waals surface area (Å²) >= 11 is 0. The number of rotatable bonds is 0. The van der Waals surface area contributed by atoms with E-state index in [1.54, 1.807) is 0 Å². The standard InChI is InChI=1S/C10H12N4/c1-13-9(11)6-14-8-5-3-2-4-7(8)12-10(13)14/h2-8H,11H2,1H3. The van der Waals surface area contributed by atoms with Gasteiger partial charge in [-0.2, -0.15) is 0 Å². The highest BCUT2D eigenvalue weighted by Crippen LogP contribution is 2.28. The van der Waals surface area contributed by atoms with Gasteiger partial charge in [0.2, 0.25) is 5.96 Å². The Labute approximate surface area is 82.7 Å². The van der Waals surface area contributed by atoms with Crippen LogP contribution in [-0.2, 0) is 0 Å². The van der Waals surface area contributed by atoms with Crippen LogP contribution in [0.15, 0.2) is 41.3 Å². The summed E-state index contributed by atoms with van der Waals surface area (Å²) in [5.74, 6) is 1.71. The van der Waals surface area contributed by atoms with E-state index in [2.05, 4.69) is 28.1 Å². The predicted octanol–water partition coefficient (Wildman–Crippen LogP) is 0.224. The van der Waals surface area contributed by atoms with Crippen LogP contribution in [0.2, 0.25) is 0 Å². The molecule has 0 bridgehead atoms. The zero-order valence-corrected chi connectivity index (χ0v) is 7.96. The molecule has 0 amide bonds. The lowest BCUT2D eigenvalue weighted by Crippen LogP contribution is -2.35. The van der Waals surface area contributed by atoms with Crippen LogP contribution in [0.3, 0.4) is 0 Å². The van der Waals surface area contributed by atoms with E-state index in [9.17, 15) is 0 Å². The van der Waals surface area contributed by atoms with Crippen LogP contribution in [0.1, 0.15) is 0 Å². The number of allylic oxidation sites excluding steroid dienone is 2. The highest BCUT2D eigenvalue weighted by Gasteiger charge is 2.38. The van der Waals surface area contributed by atoms with Crippen LogP contribution in [-0.4, -0.2) is 34.9 Å². The third-order valence-corrected chi connectivity index (χ3v) is 2.85. The number of nitrogens with two attached hydrogens (primary N) is 1. The van der Waals surface area contributed by atoms with Crippen LogP contribution in [0.5, 0.6) is 0 Å². The third kappa shape index (κ3) is 0.801. The molecule has 72 valence electrons. The van der Waals surface area contributed by atoms with E-state index < -0.39 is 0 Å². The van der Waals surface area contributed by atoms with Crippen LogP contribution >= 0.6 is 0 Å². The van der Waals surface area contributed by atoms with Crippen molar-refractivity contribution in [2.45, 2.75) is 12.1 Å². The summed E-state index contributed by atoms with van der Waals surface area (Å²) in [5.41, 5.74) is 5.81. The molecule has 2 N–H and O–H groups in total. The second-order valence-electron chi connectivity index (χ2n) is 3.70. The predicted molar refractivity (Wildman–Crippen MR) is 55.2 cm³/mol. The lowest BCUT2D eigenvalue weighted by Gasteiger charge is -2.21. The molecular weight excluding hydrogens is 176 g/mol. The lowest BCUT2D eigenvalue weighted by molar-refractivity contribution is 0.469. The highest BCUT2D eigenvalue weighted by molar-refractivity contribution is 5.88. The molecular formula is C10H12N4. The van der Waals surface area contributed by atoms with Gasteiger partial charge in [-0.1, -0.05) is 24.3 Å². The molecule has 2 aliphatic heterocycles. The first-order chi connectivity index (χ1) is 6.77. The molecule has 0 spiro atoms. The molecule has 4 nitrogen and oxygen atoms in total. The normalized spacial score (nSPS) is 32.9. The Balaban J connectivity index is 2.01. The first kappa shape index (κ1) is 7.67.